The van der Waals surface area contributed by atoms with E-state index in [0.29, 0.717) is 24.5 Å². The Morgan fingerprint density at radius 2 is 1.64 bits per heavy atom. The first-order valence-electron chi connectivity index (χ1n) is 12.8. The molecular formula is C28H38N4O. The lowest BCUT2D eigenvalue weighted by Crippen LogP contribution is -2.47. The van der Waals surface area contributed by atoms with Crippen molar-refractivity contribution in [2.75, 3.05) is 38.5 Å². The number of carbonyl (C=O) groups is 1. The average molecular weight is 447 g/mol. The summed E-state index contributed by atoms with van der Waals surface area (Å²) in [7, 11) is 2.16. The molecule has 33 heavy (non-hydrogen) atoms. The number of likely N-dealkylation sites (tertiary alicyclic amines) is 1. The molecule has 2 fully saturated rings. The minimum atomic E-state index is 0.159. The van der Waals surface area contributed by atoms with Crippen molar-refractivity contribution in [2.24, 2.45) is 5.92 Å². The second-order valence-corrected chi connectivity index (χ2v) is 10.2. The Kier molecular flexibility index (Phi) is 6.98. The standard InChI is InChI=1S/C28H38N4O/c1-30-17-14-23(15-18-30)28(33)31-20-24-9-5-6-10-27(24)29-16-13-25-11-12-26(21-31)32(25)19-22-7-3-2-4-8-22/h2-10,23,25-26,29H,11-21H2,1H3/t25-,26+/m0/s1. The third kappa shape index (κ3) is 5.25. The Balaban J connectivity index is 1.42. The number of benzene rings is 2. The van der Waals surface area contributed by atoms with Crippen LogP contribution in [-0.2, 0) is 17.9 Å². The first kappa shape index (κ1) is 22.4. The SMILES string of the molecule is CN1CCC(C(=O)N2Cc3ccccc3NCC[C@@H]3CC[C@H](C2)N3Cc2ccccc2)CC1. The van der Waals surface area contributed by atoms with Gasteiger partial charge in [-0.1, -0.05) is 48.5 Å². The molecule has 1 N–H and O–H groups in total. The second kappa shape index (κ2) is 10.3. The van der Waals surface area contributed by atoms with Gasteiger partial charge in [0.2, 0.25) is 5.91 Å². The van der Waals surface area contributed by atoms with Crippen molar-refractivity contribution in [1.82, 2.24) is 14.7 Å². The summed E-state index contributed by atoms with van der Waals surface area (Å²) in [6, 6.07) is 20.4. The molecular weight excluding hydrogens is 408 g/mol. The summed E-state index contributed by atoms with van der Waals surface area (Å²) in [5.74, 6) is 0.520. The molecule has 176 valence electrons. The van der Waals surface area contributed by atoms with Crippen LogP contribution in [0, 0.1) is 5.92 Å². The predicted octanol–water partition coefficient (Wildman–Crippen LogP) is 4.21. The first-order valence-corrected chi connectivity index (χ1v) is 12.8. The van der Waals surface area contributed by atoms with Crippen molar-refractivity contribution in [3.05, 3.63) is 65.7 Å². The minimum absolute atomic E-state index is 0.159. The number of nitrogens with zero attached hydrogens (tertiary/aromatic N) is 3. The van der Waals surface area contributed by atoms with Crippen LogP contribution in [0.1, 0.15) is 43.2 Å². The Bertz CT molecular complexity index is 925. The van der Waals surface area contributed by atoms with Gasteiger partial charge in [0.15, 0.2) is 0 Å². The van der Waals surface area contributed by atoms with Gasteiger partial charge in [-0.2, -0.15) is 0 Å². The van der Waals surface area contributed by atoms with Crippen molar-refractivity contribution in [1.29, 1.82) is 0 Å². The molecule has 5 nitrogen and oxygen atoms in total. The van der Waals surface area contributed by atoms with E-state index in [1.165, 1.54) is 29.7 Å². The summed E-state index contributed by atoms with van der Waals surface area (Å²) >= 11 is 0. The zero-order valence-electron chi connectivity index (χ0n) is 20.0. The second-order valence-electron chi connectivity index (χ2n) is 10.2. The molecule has 3 aliphatic rings. The Morgan fingerprint density at radius 1 is 0.909 bits per heavy atom. The summed E-state index contributed by atoms with van der Waals surface area (Å²) in [5, 5.41) is 3.70. The number of amides is 1. The number of para-hydroxylation sites is 1. The number of hydrogen-bond donors (Lipinski definition) is 1. The van der Waals surface area contributed by atoms with Gasteiger partial charge in [-0.05, 0) is 69.4 Å². The highest BCUT2D eigenvalue weighted by molar-refractivity contribution is 5.79. The molecule has 2 saturated heterocycles. The Labute approximate surface area is 198 Å². The fraction of sp³-hybridized carbons (Fsp3) is 0.536. The van der Waals surface area contributed by atoms with Crippen LogP contribution < -0.4 is 5.32 Å². The van der Waals surface area contributed by atoms with Crippen molar-refractivity contribution >= 4 is 11.6 Å². The van der Waals surface area contributed by atoms with E-state index in [-0.39, 0.29) is 5.92 Å². The fourth-order valence-electron chi connectivity index (χ4n) is 5.98. The zero-order valence-corrected chi connectivity index (χ0v) is 20.0. The van der Waals surface area contributed by atoms with Crippen LogP contribution in [0.2, 0.25) is 0 Å². The fourth-order valence-corrected chi connectivity index (χ4v) is 5.98. The van der Waals surface area contributed by atoms with E-state index in [4.69, 9.17) is 0 Å². The van der Waals surface area contributed by atoms with Gasteiger partial charge in [-0.25, -0.2) is 0 Å². The quantitative estimate of drug-likeness (QED) is 0.767. The van der Waals surface area contributed by atoms with Crippen LogP contribution in [0.15, 0.2) is 54.6 Å². The minimum Gasteiger partial charge on any atom is -0.385 e. The lowest BCUT2D eigenvalue weighted by molar-refractivity contribution is -0.138. The maximum Gasteiger partial charge on any atom is 0.226 e. The molecule has 3 heterocycles. The van der Waals surface area contributed by atoms with Gasteiger partial charge in [0.25, 0.3) is 0 Å². The third-order valence-electron chi connectivity index (χ3n) is 7.96. The Morgan fingerprint density at radius 3 is 2.45 bits per heavy atom. The van der Waals surface area contributed by atoms with Gasteiger partial charge in [0.05, 0.1) is 0 Å². The summed E-state index contributed by atoms with van der Waals surface area (Å²) in [6.07, 6.45) is 5.49. The largest absolute Gasteiger partial charge is 0.385 e. The van der Waals surface area contributed by atoms with Crippen LogP contribution in [-0.4, -0.2) is 65.9 Å². The van der Waals surface area contributed by atoms with Gasteiger partial charge in [-0.15, -0.1) is 0 Å². The number of hydrogen-bond acceptors (Lipinski definition) is 4. The maximum absolute atomic E-state index is 13.8. The van der Waals surface area contributed by atoms with Crippen molar-refractivity contribution < 1.29 is 4.79 Å². The van der Waals surface area contributed by atoms with E-state index in [1.807, 2.05) is 0 Å². The molecule has 2 aromatic carbocycles. The summed E-state index contributed by atoms with van der Waals surface area (Å²) in [5.41, 5.74) is 3.80. The number of fused-ring (bicyclic) bond motifs is 3. The van der Waals surface area contributed by atoms with E-state index < -0.39 is 0 Å². The third-order valence-corrected chi connectivity index (χ3v) is 7.96. The molecule has 0 aromatic heterocycles. The van der Waals surface area contributed by atoms with Crippen LogP contribution in [0.5, 0.6) is 0 Å². The Hall–Kier alpha value is -2.37. The van der Waals surface area contributed by atoms with Crippen LogP contribution >= 0.6 is 0 Å². The van der Waals surface area contributed by atoms with E-state index in [9.17, 15) is 4.79 Å². The number of piperidine rings is 1. The maximum atomic E-state index is 13.8. The topological polar surface area (TPSA) is 38.8 Å². The number of rotatable bonds is 3. The lowest BCUT2D eigenvalue weighted by Gasteiger charge is -2.36. The summed E-state index contributed by atoms with van der Waals surface area (Å²) in [6.45, 7) is 5.53. The monoisotopic (exact) mass is 446 g/mol. The van der Waals surface area contributed by atoms with E-state index in [2.05, 4.69) is 81.7 Å². The van der Waals surface area contributed by atoms with Gasteiger partial charge in [0, 0.05) is 49.9 Å². The van der Waals surface area contributed by atoms with E-state index >= 15 is 0 Å². The molecule has 1 amide bonds. The summed E-state index contributed by atoms with van der Waals surface area (Å²) in [4.78, 5) is 21.1. The first-order chi connectivity index (χ1) is 16.2. The van der Waals surface area contributed by atoms with Crippen molar-refractivity contribution in [3.63, 3.8) is 0 Å². The van der Waals surface area contributed by atoms with Crippen LogP contribution in [0.25, 0.3) is 0 Å². The molecule has 2 bridgehead atoms. The number of anilines is 1. The molecule has 5 rings (SSSR count). The lowest BCUT2D eigenvalue weighted by atomic mass is 9.95. The molecule has 3 aliphatic heterocycles. The molecule has 0 spiro atoms. The van der Waals surface area contributed by atoms with Gasteiger partial charge in [0.1, 0.15) is 0 Å². The van der Waals surface area contributed by atoms with Gasteiger partial charge in [-0.3, -0.25) is 9.69 Å². The highest BCUT2D eigenvalue weighted by Crippen LogP contribution is 2.32. The number of carbonyl (C=O) groups excluding carboxylic acids is 1. The molecule has 0 radical (unpaired) electrons. The molecule has 0 unspecified atom stereocenters. The van der Waals surface area contributed by atoms with E-state index in [1.54, 1.807) is 0 Å². The average Bonchev–Trinajstić information content (AvgIpc) is 3.19. The van der Waals surface area contributed by atoms with E-state index in [0.717, 1.165) is 52.0 Å². The van der Waals surface area contributed by atoms with Crippen LogP contribution in [0.3, 0.4) is 0 Å². The van der Waals surface area contributed by atoms with Crippen molar-refractivity contribution in [2.45, 2.75) is 57.3 Å². The smallest absolute Gasteiger partial charge is 0.226 e. The van der Waals surface area contributed by atoms with Gasteiger partial charge < -0.3 is 15.1 Å². The number of nitrogens with one attached hydrogen (secondary N) is 1. The molecule has 0 aliphatic carbocycles. The van der Waals surface area contributed by atoms with Crippen LogP contribution in [0.4, 0.5) is 5.69 Å². The molecule has 2 aromatic rings. The molecule has 2 atom stereocenters. The predicted molar refractivity (Wildman–Crippen MR) is 134 cm³/mol. The molecule has 5 heteroatoms. The normalized spacial score (nSPS) is 25.2. The summed E-state index contributed by atoms with van der Waals surface area (Å²) < 4.78 is 0. The van der Waals surface area contributed by atoms with Crippen molar-refractivity contribution in [3.8, 4) is 0 Å². The molecule has 0 saturated carbocycles. The zero-order chi connectivity index (χ0) is 22.6. The highest BCUT2D eigenvalue weighted by Gasteiger charge is 2.37. The van der Waals surface area contributed by atoms with Gasteiger partial charge >= 0.3 is 0 Å². The highest BCUT2D eigenvalue weighted by atomic mass is 16.2.